The lowest BCUT2D eigenvalue weighted by Gasteiger charge is -2.34. The van der Waals surface area contributed by atoms with Crippen LogP contribution in [-0.4, -0.2) is 66.0 Å². The van der Waals surface area contributed by atoms with Crippen LogP contribution in [0.5, 0.6) is 0 Å². The zero-order chi connectivity index (χ0) is 16.5. The molecule has 126 valence electrons. The summed E-state index contributed by atoms with van der Waals surface area (Å²) in [5, 5.41) is 9.15. The molecular formula is C14H24N2O5S. The van der Waals surface area contributed by atoms with Gasteiger partial charge >= 0.3 is 5.97 Å². The second kappa shape index (κ2) is 6.54. The number of nitrogens with zero attached hydrogens (tertiary/aromatic N) is 2. The number of hydrogen-bond acceptors (Lipinski definition) is 4. The molecule has 2 heterocycles. The van der Waals surface area contributed by atoms with E-state index in [0.717, 1.165) is 0 Å². The minimum atomic E-state index is -3.28. The van der Waals surface area contributed by atoms with Gasteiger partial charge < -0.3 is 10.0 Å². The number of piperidine rings is 1. The van der Waals surface area contributed by atoms with E-state index in [1.54, 1.807) is 18.7 Å². The number of rotatable bonds is 4. The lowest BCUT2D eigenvalue weighted by atomic mass is 9.97. The Kier molecular flexibility index (Phi) is 5.11. The van der Waals surface area contributed by atoms with Gasteiger partial charge in [-0.3, -0.25) is 9.59 Å². The first-order valence-electron chi connectivity index (χ1n) is 7.79. The molecule has 22 heavy (non-hydrogen) atoms. The molecule has 2 aliphatic rings. The largest absolute Gasteiger partial charge is 0.481 e. The third kappa shape index (κ3) is 3.27. The molecule has 3 atom stereocenters. The molecule has 1 N–H and O–H groups in total. The van der Waals surface area contributed by atoms with E-state index in [1.807, 2.05) is 0 Å². The van der Waals surface area contributed by atoms with Crippen molar-refractivity contribution in [3.63, 3.8) is 0 Å². The van der Waals surface area contributed by atoms with Crippen molar-refractivity contribution in [2.45, 2.75) is 39.2 Å². The highest BCUT2D eigenvalue weighted by molar-refractivity contribution is 7.89. The Balaban J connectivity index is 2.05. The first-order valence-corrected chi connectivity index (χ1v) is 9.40. The molecule has 2 fully saturated rings. The molecule has 0 aromatic carbocycles. The molecule has 0 bridgehead atoms. The first kappa shape index (κ1) is 17.2. The molecule has 0 aromatic rings. The summed E-state index contributed by atoms with van der Waals surface area (Å²) in [6, 6.07) is -0.330. The normalized spacial score (nSPS) is 30.5. The van der Waals surface area contributed by atoms with Crippen molar-refractivity contribution in [3.8, 4) is 0 Å². The van der Waals surface area contributed by atoms with Crippen LogP contribution in [0.15, 0.2) is 0 Å². The van der Waals surface area contributed by atoms with Gasteiger partial charge in [0.05, 0.1) is 17.6 Å². The summed E-state index contributed by atoms with van der Waals surface area (Å²) < 4.78 is 25.3. The van der Waals surface area contributed by atoms with Gasteiger partial charge in [-0.25, -0.2) is 12.7 Å². The van der Waals surface area contributed by atoms with E-state index in [2.05, 4.69) is 0 Å². The van der Waals surface area contributed by atoms with Crippen LogP contribution in [0.25, 0.3) is 0 Å². The summed E-state index contributed by atoms with van der Waals surface area (Å²) in [6.45, 7) is 4.48. The van der Waals surface area contributed by atoms with Gasteiger partial charge in [-0.05, 0) is 33.1 Å². The number of hydrogen-bond donors (Lipinski definition) is 1. The topological polar surface area (TPSA) is 95.0 Å². The van der Waals surface area contributed by atoms with Crippen molar-refractivity contribution in [1.82, 2.24) is 9.21 Å². The van der Waals surface area contributed by atoms with Gasteiger partial charge in [-0.15, -0.1) is 0 Å². The van der Waals surface area contributed by atoms with Gasteiger partial charge in [0.25, 0.3) is 0 Å². The predicted octanol–water partition coefficient (Wildman–Crippen LogP) is 0.370. The van der Waals surface area contributed by atoms with Crippen molar-refractivity contribution in [2.75, 3.05) is 25.4 Å². The molecular weight excluding hydrogens is 308 g/mol. The smallest absolute Gasteiger partial charge is 0.308 e. The van der Waals surface area contributed by atoms with Gasteiger partial charge in [-0.1, -0.05) is 0 Å². The van der Waals surface area contributed by atoms with E-state index in [4.69, 9.17) is 5.11 Å². The maximum absolute atomic E-state index is 12.7. The number of amides is 1. The highest BCUT2D eigenvalue weighted by Gasteiger charge is 2.41. The SMILES string of the molecule is CCS(=O)(=O)N1CCCC(C(=O)N2CCC(C(=O)O)C2C)C1. The summed E-state index contributed by atoms with van der Waals surface area (Å²) in [4.78, 5) is 25.4. The highest BCUT2D eigenvalue weighted by atomic mass is 32.2. The van der Waals surface area contributed by atoms with Gasteiger partial charge in [-0.2, -0.15) is 0 Å². The maximum Gasteiger partial charge on any atom is 0.308 e. The van der Waals surface area contributed by atoms with Gasteiger partial charge in [0.1, 0.15) is 0 Å². The minimum Gasteiger partial charge on any atom is -0.481 e. The van der Waals surface area contributed by atoms with Crippen molar-refractivity contribution < 1.29 is 23.1 Å². The number of carboxylic acids is 1. The Bertz CT molecular complexity index is 547. The van der Waals surface area contributed by atoms with Crippen LogP contribution in [0.1, 0.15) is 33.1 Å². The molecule has 3 unspecified atom stereocenters. The Morgan fingerprint density at radius 2 is 1.91 bits per heavy atom. The second-order valence-corrected chi connectivity index (χ2v) is 8.36. The van der Waals surface area contributed by atoms with Crippen LogP contribution >= 0.6 is 0 Å². The number of carboxylic acid groups (broad SMARTS) is 1. The predicted molar refractivity (Wildman–Crippen MR) is 80.7 cm³/mol. The second-order valence-electron chi connectivity index (χ2n) is 6.10. The molecule has 7 nitrogen and oxygen atoms in total. The molecule has 0 spiro atoms. The molecule has 2 aliphatic heterocycles. The summed E-state index contributed by atoms with van der Waals surface area (Å²) in [6.07, 6.45) is 1.79. The van der Waals surface area contributed by atoms with E-state index in [0.29, 0.717) is 32.4 Å². The van der Waals surface area contributed by atoms with Crippen LogP contribution < -0.4 is 0 Å². The van der Waals surface area contributed by atoms with E-state index in [-0.39, 0.29) is 30.2 Å². The van der Waals surface area contributed by atoms with Crippen molar-refractivity contribution in [1.29, 1.82) is 0 Å². The minimum absolute atomic E-state index is 0.0368. The summed E-state index contributed by atoms with van der Waals surface area (Å²) in [5.41, 5.74) is 0. The van der Waals surface area contributed by atoms with Crippen LogP contribution in [0.4, 0.5) is 0 Å². The summed E-state index contributed by atoms with van der Waals surface area (Å²) in [7, 11) is -3.28. The van der Waals surface area contributed by atoms with Crippen LogP contribution in [0.3, 0.4) is 0 Å². The lowest BCUT2D eigenvalue weighted by Crippen LogP contribution is -2.48. The lowest BCUT2D eigenvalue weighted by molar-refractivity contribution is -0.143. The number of likely N-dealkylation sites (tertiary alicyclic amines) is 1. The third-order valence-electron chi connectivity index (χ3n) is 4.85. The summed E-state index contributed by atoms with van der Waals surface area (Å²) in [5.74, 6) is -1.82. The monoisotopic (exact) mass is 332 g/mol. The quantitative estimate of drug-likeness (QED) is 0.802. The van der Waals surface area contributed by atoms with E-state index < -0.39 is 21.9 Å². The Hall–Kier alpha value is -1.15. The van der Waals surface area contributed by atoms with E-state index in [9.17, 15) is 18.0 Å². The summed E-state index contributed by atoms with van der Waals surface area (Å²) >= 11 is 0. The fourth-order valence-corrected chi connectivity index (χ4v) is 4.57. The van der Waals surface area contributed by atoms with Crippen LogP contribution in [-0.2, 0) is 19.6 Å². The third-order valence-corrected chi connectivity index (χ3v) is 6.69. The first-order chi connectivity index (χ1) is 10.3. The number of aliphatic carboxylic acids is 1. The average molecular weight is 332 g/mol. The zero-order valence-electron chi connectivity index (χ0n) is 13.1. The number of carbonyl (C=O) groups is 2. The van der Waals surface area contributed by atoms with Crippen LogP contribution in [0.2, 0.25) is 0 Å². The van der Waals surface area contributed by atoms with Crippen LogP contribution in [0, 0.1) is 11.8 Å². The Morgan fingerprint density at radius 3 is 2.45 bits per heavy atom. The Morgan fingerprint density at radius 1 is 1.23 bits per heavy atom. The molecule has 2 rings (SSSR count). The number of sulfonamides is 1. The van der Waals surface area contributed by atoms with Crippen molar-refractivity contribution >= 4 is 21.9 Å². The standard InChI is InChI=1S/C14H24N2O5S/c1-3-22(20,21)15-7-4-5-11(9-15)13(17)16-8-6-12(10(16)2)14(18)19/h10-12H,3-9H2,1-2H3,(H,18,19). The molecule has 0 saturated carbocycles. The molecule has 0 aliphatic carbocycles. The molecule has 2 saturated heterocycles. The van der Waals surface area contributed by atoms with E-state index in [1.165, 1.54) is 4.31 Å². The van der Waals surface area contributed by atoms with E-state index >= 15 is 0 Å². The number of carbonyl (C=O) groups excluding carboxylic acids is 1. The fourth-order valence-electron chi connectivity index (χ4n) is 3.39. The highest BCUT2D eigenvalue weighted by Crippen LogP contribution is 2.29. The van der Waals surface area contributed by atoms with Crippen molar-refractivity contribution in [3.05, 3.63) is 0 Å². The molecule has 0 aromatic heterocycles. The van der Waals surface area contributed by atoms with Gasteiger partial charge in [0.15, 0.2) is 0 Å². The van der Waals surface area contributed by atoms with Crippen molar-refractivity contribution in [2.24, 2.45) is 11.8 Å². The van der Waals surface area contributed by atoms with Gasteiger partial charge in [0, 0.05) is 25.7 Å². The average Bonchev–Trinajstić information content (AvgIpc) is 2.88. The molecule has 8 heteroatoms. The maximum atomic E-state index is 12.7. The fraction of sp³-hybridized carbons (Fsp3) is 0.857. The Labute approximate surface area is 131 Å². The van der Waals surface area contributed by atoms with Gasteiger partial charge in [0.2, 0.25) is 15.9 Å². The molecule has 1 amide bonds. The molecule has 0 radical (unpaired) electrons. The zero-order valence-corrected chi connectivity index (χ0v) is 13.9.